The Labute approximate surface area is 179 Å². The van der Waals surface area contributed by atoms with E-state index < -0.39 is 10.0 Å². The second-order valence-corrected chi connectivity index (χ2v) is 8.05. The summed E-state index contributed by atoms with van der Waals surface area (Å²) in [7, 11) is -0.425. The second kappa shape index (κ2) is 11.3. The maximum absolute atomic E-state index is 12.5. The summed E-state index contributed by atoms with van der Waals surface area (Å²) in [5.74, 6) is 0.647. The van der Waals surface area contributed by atoms with Crippen molar-refractivity contribution >= 4 is 40.0 Å². The maximum Gasteiger partial charge on any atom is 0.242 e. The van der Waals surface area contributed by atoms with E-state index in [0.29, 0.717) is 29.5 Å². The Bertz CT molecular complexity index is 840. The lowest BCUT2D eigenvalue weighted by molar-refractivity contribution is 0.519. The topological polar surface area (TPSA) is 73.8 Å². The van der Waals surface area contributed by atoms with Gasteiger partial charge in [-0.3, -0.25) is 0 Å². The van der Waals surface area contributed by atoms with Crippen LogP contribution in [-0.4, -0.2) is 39.3 Å². The minimum atomic E-state index is -3.49. The number of aliphatic imine (C=N–C) groups is 1. The molecule has 0 amide bonds. The molecule has 2 aromatic carbocycles. The van der Waals surface area contributed by atoms with Crippen LogP contribution < -0.4 is 10.6 Å². The van der Waals surface area contributed by atoms with Crippen molar-refractivity contribution in [3.63, 3.8) is 0 Å². The number of hydrogen-bond donors (Lipinski definition) is 2. The van der Waals surface area contributed by atoms with Crippen molar-refractivity contribution in [2.24, 2.45) is 4.99 Å². The van der Waals surface area contributed by atoms with E-state index in [2.05, 4.69) is 15.6 Å². The molecule has 27 heavy (non-hydrogen) atoms. The molecule has 2 rings (SSSR count). The van der Waals surface area contributed by atoms with Gasteiger partial charge in [0, 0.05) is 27.2 Å². The maximum atomic E-state index is 12.5. The fourth-order valence-electron chi connectivity index (χ4n) is 2.37. The number of hydrogen-bond acceptors (Lipinski definition) is 3. The van der Waals surface area contributed by atoms with E-state index in [0.717, 1.165) is 12.1 Å². The van der Waals surface area contributed by atoms with Gasteiger partial charge in [0.1, 0.15) is 0 Å². The zero-order valence-corrected chi connectivity index (χ0v) is 19.0. The molecule has 0 heterocycles. The number of halogens is 1. The van der Waals surface area contributed by atoms with Crippen LogP contribution in [0.2, 0.25) is 0 Å². The van der Waals surface area contributed by atoms with E-state index in [1.807, 2.05) is 49.4 Å². The number of rotatable bonds is 7. The third-order valence-corrected chi connectivity index (χ3v) is 5.70. The van der Waals surface area contributed by atoms with Crippen molar-refractivity contribution in [3.05, 3.63) is 65.7 Å². The van der Waals surface area contributed by atoms with E-state index in [1.165, 1.54) is 18.4 Å². The van der Waals surface area contributed by atoms with Gasteiger partial charge in [0.2, 0.25) is 10.0 Å². The highest BCUT2D eigenvalue weighted by molar-refractivity contribution is 14.0. The lowest BCUT2D eigenvalue weighted by atomic mass is 10.2. The summed E-state index contributed by atoms with van der Waals surface area (Å²) in [6.07, 6.45) is 0. The van der Waals surface area contributed by atoms with Crippen molar-refractivity contribution in [3.8, 4) is 0 Å². The lowest BCUT2D eigenvalue weighted by Gasteiger charge is -2.17. The molecule has 0 aliphatic rings. The first-order chi connectivity index (χ1) is 12.4. The second-order valence-electron chi connectivity index (χ2n) is 5.93. The highest BCUT2D eigenvalue weighted by atomic mass is 127. The number of benzene rings is 2. The monoisotopic (exact) mass is 502 g/mol. The Balaban J connectivity index is 0.00000364. The first-order valence-electron chi connectivity index (χ1n) is 8.51. The lowest BCUT2D eigenvalue weighted by Crippen LogP contribution is -2.37. The van der Waals surface area contributed by atoms with Crippen LogP contribution in [0.3, 0.4) is 0 Å². The molecule has 2 aromatic rings. The van der Waals surface area contributed by atoms with Gasteiger partial charge in [-0.1, -0.05) is 48.5 Å². The number of nitrogens with zero attached hydrogens (tertiary/aromatic N) is 2. The highest BCUT2D eigenvalue weighted by Gasteiger charge is 2.20. The summed E-state index contributed by atoms with van der Waals surface area (Å²) >= 11 is 0. The van der Waals surface area contributed by atoms with Gasteiger partial charge in [-0.15, -0.1) is 24.0 Å². The van der Waals surface area contributed by atoms with Crippen LogP contribution in [0, 0.1) is 0 Å². The number of sulfonamides is 1. The molecule has 0 saturated heterocycles. The third kappa shape index (κ3) is 6.78. The molecule has 0 bridgehead atoms. The van der Waals surface area contributed by atoms with Crippen molar-refractivity contribution in [2.45, 2.75) is 24.9 Å². The fraction of sp³-hybridized carbons (Fsp3) is 0.316. The van der Waals surface area contributed by atoms with Gasteiger partial charge in [-0.25, -0.2) is 17.7 Å². The standard InChI is InChI=1S/C19H26N4O2S.HI/c1-4-20-19(21-14-16-10-6-5-7-11-16)22-15-17-12-8-9-13-18(17)26(24,25)23(2)3;/h5-13H,4,14-15H2,1-3H3,(H2,20,21,22);1H. The van der Waals surface area contributed by atoms with Gasteiger partial charge in [-0.05, 0) is 24.1 Å². The molecule has 0 unspecified atom stereocenters. The van der Waals surface area contributed by atoms with Crippen molar-refractivity contribution < 1.29 is 8.42 Å². The fourth-order valence-corrected chi connectivity index (χ4v) is 3.49. The summed E-state index contributed by atoms with van der Waals surface area (Å²) in [6, 6.07) is 17.0. The van der Waals surface area contributed by atoms with Gasteiger partial charge < -0.3 is 10.6 Å². The average Bonchev–Trinajstić information content (AvgIpc) is 2.65. The number of guanidine groups is 1. The molecule has 0 atom stereocenters. The molecule has 8 heteroatoms. The van der Waals surface area contributed by atoms with Gasteiger partial charge >= 0.3 is 0 Å². The molecule has 0 saturated carbocycles. The molecular formula is C19H27IN4O2S. The quantitative estimate of drug-likeness (QED) is 0.347. The van der Waals surface area contributed by atoms with Crippen LogP contribution in [0.4, 0.5) is 0 Å². The van der Waals surface area contributed by atoms with Crippen molar-refractivity contribution in [1.29, 1.82) is 0 Å². The first-order valence-corrected chi connectivity index (χ1v) is 9.95. The van der Waals surface area contributed by atoms with E-state index in [9.17, 15) is 8.42 Å². The van der Waals surface area contributed by atoms with Gasteiger partial charge in [0.15, 0.2) is 5.96 Å². The molecule has 0 aliphatic carbocycles. The molecule has 2 N–H and O–H groups in total. The summed E-state index contributed by atoms with van der Waals surface area (Å²) in [6.45, 7) is 3.63. The molecule has 0 aromatic heterocycles. The van der Waals surface area contributed by atoms with Gasteiger partial charge in [0.25, 0.3) is 0 Å². The molecule has 0 radical (unpaired) electrons. The van der Waals surface area contributed by atoms with Crippen molar-refractivity contribution in [2.75, 3.05) is 20.6 Å². The largest absolute Gasteiger partial charge is 0.357 e. The minimum Gasteiger partial charge on any atom is -0.357 e. The van der Waals surface area contributed by atoms with Crippen LogP contribution >= 0.6 is 24.0 Å². The Morgan fingerprint density at radius 3 is 2.26 bits per heavy atom. The summed E-state index contributed by atoms with van der Waals surface area (Å²) in [5, 5.41) is 6.40. The minimum absolute atomic E-state index is 0. The molecular weight excluding hydrogens is 475 g/mol. The summed E-state index contributed by atoms with van der Waals surface area (Å²) in [5.41, 5.74) is 1.81. The molecule has 6 nitrogen and oxygen atoms in total. The summed E-state index contributed by atoms with van der Waals surface area (Å²) in [4.78, 5) is 4.86. The van der Waals surface area contributed by atoms with E-state index in [1.54, 1.807) is 12.1 Å². The van der Waals surface area contributed by atoms with E-state index in [4.69, 9.17) is 0 Å². The Morgan fingerprint density at radius 2 is 1.63 bits per heavy atom. The zero-order valence-electron chi connectivity index (χ0n) is 15.8. The summed E-state index contributed by atoms with van der Waals surface area (Å²) < 4.78 is 26.2. The van der Waals surface area contributed by atoms with Crippen LogP contribution in [-0.2, 0) is 23.1 Å². The van der Waals surface area contributed by atoms with Gasteiger partial charge in [0.05, 0.1) is 11.4 Å². The van der Waals surface area contributed by atoms with Crippen LogP contribution in [0.25, 0.3) is 0 Å². The molecule has 0 aliphatic heterocycles. The SMILES string of the molecule is CCNC(=NCc1ccccc1)NCc1ccccc1S(=O)(=O)N(C)C.I. The van der Waals surface area contributed by atoms with Crippen LogP contribution in [0.5, 0.6) is 0 Å². The van der Waals surface area contributed by atoms with Gasteiger partial charge in [-0.2, -0.15) is 0 Å². The van der Waals surface area contributed by atoms with Crippen LogP contribution in [0.15, 0.2) is 64.5 Å². The zero-order chi connectivity index (χ0) is 19.0. The highest BCUT2D eigenvalue weighted by Crippen LogP contribution is 2.18. The predicted molar refractivity (Wildman–Crippen MR) is 121 cm³/mol. The third-order valence-electron chi connectivity index (χ3n) is 3.78. The molecule has 0 spiro atoms. The Kier molecular flexibility index (Phi) is 9.75. The van der Waals surface area contributed by atoms with Crippen LogP contribution in [0.1, 0.15) is 18.1 Å². The predicted octanol–water partition coefficient (Wildman–Crippen LogP) is 2.81. The normalized spacial score (nSPS) is 11.8. The molecule has 148 valence electrons. The van der Waals surface area contributed by atoms with E-state index in [-0.39, 0.29) is 24.0 Å². The Hall–Kier alpha value is -1.65. The number of nitrogens with one attached hydrogen (secondary N) is 2. The average molecular weight is 502 g/mol. The molecule has 0 fully saturated rings. The van der Waals surface area contributed by atoms with E-state index >= 15 is 0 Å². The first kappa shape index (κ1) is 23.4. The van der Waals surface area contributed by atoms with Crippen molar-refractivity contribution in [1.82, 2.24) is 14.9 Å². The Morgan fingerprint density at radius 1 is 1.00 bits per heavy atom. The smallest absolute Gasteiger partial charge is 0.242 e.